The largest absolute Gasteiger partial charge is 0.493 e. The normalized spacial score (nSPS) is 17.5. The maximum Gasteiger partial charge on any atom is 0.119 e. The molecular formula is C13H18O2. The van der Waals surface area contributed by atoms with Crippen LogP contribution >= 0.6 is 0 Å². The first-order valence-electron chi connectivity index (χ1n) is 5.60. The Kier molecular flexibility index (Phi) is 3.27. The van der Waals surface area contributed by atoms with Gasteiger partial charge in [0.05, 0.1) is 6.61 Å². The van der Waals surface area contributed by atoms with E-state index in [0.717, 1.165) is 5.75 Å². The van der Waals surface area contributed by atoms with Gasteiger partial charge < -0.3 is 9.84 Å². The summed E-state index contributed by atoms with van der Waals surface area (Å²) in [6, 6.07) is 8.04. The smallest absolute Gasteiger partial charge is 0.119 e. The van der Waals surface area contributed by atoms with Crippen LogP contribution in [0.2, 0.25) is 0 Å². The first kappa shape index (κ1) is 10.5. The van der Waals surface area contributed by atoms with Crippen molar-refractivity contribution in [1.82, 2.24) is 0 Å². The molecule has 1 saturated carbocycles. The van der Waals surface area contributed by atoms with Crippen molar-refractivity contribution in [3.8, 4) is 5.75 Å². The van der Waals surface area contributed by atoms with Gasteiger partial charge in [-0.2, -0.15) is 0 Å². The Bertz CT molecular complexity index is 318. The van der Waals surface area contributed by atoms with E-state index >= 15 is 0 Å². The van der Waals surface area contributed by atoms with Crippen molar-refractivity contribution in [2.75, 3.05) is 13.2 Å². The summed E-state index contributed by atoms with van der Waals surface area (Å²) in [5, 5.41) is 9.19. The highest BCUT2D eigenvalue weighted by Gasteiger charge is 2.30. The fourth-order valence-corrected chi connectivity index (χ4v) is 1.81. The van der Waals surface area contributed by atoms with E-state index in [-0.39, 0.29) is 6.61 Å². The maximum absolute atomic E-state index is 9.19. The summed E-state index contributed by atoms with van der Waals surface area (Å²) in [5.74, 6) is 1.93. The molecule has 1 N–H and O–H groups in total. The minimum atomic E-state index is 0.247. The zero-order valence-electron chi connectivity index (χ0n) is 9.15. The molecule has 0 amide bonds. The number of hydrogen-bond donors (Lipinski definition) is 1. The molecular weight excluding hydrogens is 188 g/mol. The standard InChI is InChI=1S/C13H18O2/c1-10-3-2-4-13(7-10)15-9-12(8-14)11-5-6-11/h2-4,7,11-12,14H,5-6,8-9H2,1H3. The first-order chi connectivity index (χ1) is 7.29. The third kappa shape index (κ3) is 2.96. The van der Waals surface area contributed by atoms with Crippen LogP contribution in [0.5, 0.6) is 5.75 Å². The number of aliphatic hydroxyl groups excluding tert-OH is 1. The van der Waals surface area contributed by atoms with E-state index in [0.29, 0.717) is 18.4 Å². The molecule has 1 aromatic carbocycles. The molecule has 0 aliphatic heterocycles. The fraction of sp³-hybridized carbons (Fsp3) is 0.538. The van der Waals surface area contributed by atoms with Crippen molar-refractivity contribution in [2.45, 2.75) is 19.8 Å². The lowest BCUT2D eigenvalue weighted by Gasteiger charge is -2.14. The second-order valence-electron chi connectivity index (χ2n) is 4.41. The SMILES string of the molecule is Cc1cccc(OCC(CO)C2CC2)c1. The minimum absolute atomic E-state index is 0.247. The van der Waals surface area contributed by atoms with Crippen molar-refractivity contribution >= 4 is 0 Å². The number of ether oxygens (including phenoxy) is 1. The average Bonchev–Trinajstić information content (AvgIpc) is 3.03. The topological polar surface area (TPSA) is 29.5 Å². The Morgan fingerprint density at radius 1 is 1.47 bits per heavy atom. The minimum Gasteiger partial charge on any atom is -0.493 e. The van der Waals surface area contributed by atoms with Gasteiger partial charge in [-0.05, 0) is 43.4 Å². The van der Waals surface area contributed by atoms with Gasteiger partial charge in [0.25, 0.3) is 0 Å². The summed E-state index contributed by atoms with van der Waals surface area (Å²) in [6.45, 7) is 2.94. The Labute approximate surface area is 90.9 Å². The second-order valence-corrected chi connectivity index (χ2v) is 4.41. The van der Waals surface area contributed by atoms with Crippen molar-refractivity contribution in [2.24, 2.45) is 11.8 Å². The molecule has 0 heterocycles. The summed E-state index contributed by atoms with van der Waals surface area (Å²) < 4.78 is 5.68. The number of rotatable bonds is 5. The number of hydrogen-bond acceptors (Lipinski definition) is 2. The number of benzene rings is 1. The van der Waals surface area contributed by atoms with Crippen LogP contribution in [0.1, 0.15) is 18.4 Å². The molecule has 2 heteroatoms. The summed E-state index contributed by atoms with van der Waals surface area (Å²) in [7, 11) is 0. The highest BCUT2D eigenvalue weighted by Crippen LogP contribution is 2.36. The van der Waals surface area contributed by atoms with Gasteiger partial charge >= 0.3 is 0 Å². The third-order valence-electron chi connectivity index (χ3n) is 2.98. The monoisotopic (exact) mass is 206 g/mol. The average molecular weight is 206 g/mol. The summed E-state index contributed by atoms with van der Waals surface area (Å²) in [6.07, 6.45) is 2.50. The highest BCUT2D eigenvalue weighted by molar-refractivity contribution is 5.27. The Hall–Kier alpha value is -1.02. The van der Waals surface area contributed by atoms with Gasteiger partial charge in [0.1, 0.15) is 5.75 Å². The second kappa shape index (κ2) is 4.67. The van der Waals surface area contributed by atoms with E-state index in [2.05, 4.69) is 13.0 Å². The molecule has 1 aliphatic carbocycles. The molecule has 82 valence electrons. The molecule has 0 radical (unpaired) electrons. The molecule has 0 spiro atoms. The predicted octanol–water partition coefficient (Wildman–Crippen LogP) is 2.39. The molecule has 0 bridgehead atoms. The van der Waals surface area contributed by atoms with E-state index in [4.69, 9.17) is 4.74 Å². The number of aliphatic hydroxyl groups is 1. The van der Waals surface area contributed by atoms with Crippen molar-refractivity contribution in [3.63, 3.8) is 0 Å². The van der Waals surface area contributed by atoms with Crippen molar-refractivity contribution < 1.29 is 9.84 Å². The molecule has 1 fully saturated rings. The molecule has 0 saturated heterocycles. The molecule has 1 atom stereocenters. The number of aryl methyl sites for hydroxylation is 1. The summed E-state index contributed by atoms with van der Waals surface area (Å²) in [4.78, 5) is 0. The summed E-state index contributed by atoms with van der Waals surface area (Å²) in [5.41, 5.74) is 1.21. The predicted molar refractivity (Wildman–Crippen MR) is 60.0 cm³/mol. The quantitative estimate of drug-likeness (QED) is 0.801. The van der Waals surface area contributed by atoms with Crippen LogP contribution in [-0.2, 0) is 0 Å². The van der Waals surface area contributed by atoms with Gasteiger partial charge in [0.15, 0.2) is 0 Å². The van der Waals surface area contributed by atoms with Gasteiger partial charge in [0, 0.05) is 12.5 Å². The van der Waals surface area contributed by atoms with E-state index in [1.807, 2.05) is 18.2 Å². The molecule has 2 nitrogen and oxygen atoms in total. The van der Waals surface area contributed by atoms with Crippen LogP contribution in [0.3, 0.4) is 0 Å². The molecule has 0 aromatic heterocycles. The van der Waals surface area contributed by atoms with E-state index in [1.165, 1.54) is 18.4 Å². The van der Waals surface area contributed by atoms with E-state index in [9.17, 15) is 5.11 Å². The van der Waals surface area contributed by atoms with E-state index < -0.39 is 0 Å². The Morgan fingerprint density at radius 3 is 2.87 bits per heavy atom. The van der Waals surface area contributed by atoms with Gasteiger partial charge in [0.2, 0.25) is 0 Å². The highest BCUT2D eigenvalue weighted by atomic mass is 16.5. The maximum atomic E-state index is 9.19. The van der Waals surface area contributed by atoms with Crippen LogP contribution < -0.4 is 4.74 Å². The van der Waals surface area contributed by atoms with Gasteiger partial charge in [-0.1, -0.05) is 12.1 Å². The van der Waals surface area contributed by atoms with Gasteiger partial charge in [-0.3, -0.25) is 0 Å². The lowest BCUT2D eigenvalue weighted by Crippen LogP contribution is -2.18. The van der Waals surface area contributed by atoms with Crippen molar-refractivity contribution in [1.29, 1.82) is 0 Å². The van der Waals surface area contributed by atoms with Crippen LogP contribution in [0.25, 0.3) is 0 Å². The molecule has 2 rings (SSSR count). The third-order valence-corrected chi connectivity index (χ3v) is 2.98. The van der Waals surface area contributed by atoms with Crippen LogP contribution in [0.15, 0.2) is 24.3 Å². The molecule has 1 aromatic rings. The van der Waals surface area contributed by atoms with Gasteiger partial charge in [-0.15, -0.1) is 0 Å². The molecule has 15 heavy (non-hydrogen) atoms. The zero-order valence-corrected chi connectivity index (χ0v) is 9.15. The van der Waals surface area contributed by atoms with Crippen LogP contribution in [-0.4, -0.2) is 18.3 Å². The Balaban J connectivity index is 1.86. The fourth-order valence-electron chi connectivity index (χ4n) is 1.81. The van der Waals surface area contributed by atoms with E-state index in [1.54, 1.807) is 0 Å². The van der Waals surface area contributed by atoms with Crippen molar-refractivity contribution in [3.05, 3.63) is 29.8 Å². The molecule has 1 unspecified atom stereocenters. The summed E-state index contributed by atoms with van der Waals surface area (Å²) >= 11 is 0. The Morgan fingerprint density at radius 2 is 2.27 bits per heavy atom. The lowest BCUT2D eigenvalue weighted by molar-refractivity contribution is 0.147. The van der Waals surface area contributed by atoms with Crippen LogP contribution in [0, 0.1) is 18.8 Å². The lowest BCUT2D eigenvalue weighted by atomic mass is 10.1. The molecule has 1 aliphatic rings. The first-order valence-corrected chi connectivity index (χ1v) is 5.60. The zero-order chi connectivity index (χ0) is 10.7. The van der Waals surface area contributed by atoms with Gasteiger partial charge in [-0.25, -0.2) is 0 Å². The van der Waals surface area contributed by atoms with Crippen LogP contribution in [0.4, 0.5) is 0 Å².